The monoisotopic (exact) mass is 156 g/mol. The molecule has 0 aromatic carbocycles. The first-order chi connectivity index (χ1) is 5.31. The number of rotatable bonds is 5. The van der Waals surface area contributed by atoms with Crippen LogP contribution >= 0.6 is 0 Å². The molecule has 0 radical (unpaired) electrons. The van der Waals surface area contributed by atoms with Crippen LogP contribution in [0.2, 0.25) is 0 Å². The lowest BCUT2D eigenvalue weighted by Gasteiger charge is -2.17. The van der Waals surface area contributed by atoms with Crippen molar-refractivity contribution in [3.63, 3.8) is 0 Å². The quantitative estimate of drug-likeness (QED) is 0.641. The van der Waals surface area contributed by atoms with Crippen molar-refractivity contribution in [1.29, 1.82) is 0 Å². The average molecular weight is 156 g/mol. The lowest BCUT2D eigenvalue weighted by atomic mass is 10.3. The zero-order valence-electron chi connectivity index (χ0n) is 7.71. The summed E-state index contributed by atoms with van der Waals surface area (Å²) in [4.78, 5) is 2.49. The van der Waals surface area contributed by atoms with Gasteiger partial charge in [0.15, 0.2) is 0 Å². The predicted octanol–water partition coefficient (Wildman–Crippen LogP) is 0.923. The van der Waals surface area contributed by atoms with Crippen LogP contribution in [0.5, 0.6) is 0 Å². The molecule has 2 N–H and O–H groups in total. The molecule has 2 nitrogen and oxygen atoms in total. The molecule has 2 heteroatoms. The zero-order chi connectivity index (χ0) is 8.27. The Morgan fingerprint density at radius 2 is 1.91 bits per heavy atom. The van der Waals surface area contributed by atoms with E-state index in [4.69, 9.17) is 5.73 Å². The average Bonchev–Trinajstić information content (AvgIpc) is 2.78. The molecule has 1 aliphatic rings. The third-order valence-electron chi connectivity index (χ3n) is 2.76. The van der Waals surface area contributed by atoms with Crippen molar-refractivity contribution >= 4 is 0 Å². The highest BCUT2D eigenvalue weighted by atomic mass is 15.1. The fourth-order valence-corrected chi connectivity index (χ4v) is 1.64. The maximum atomic E-state index is 5.56. The Bertz CT molecular complexity index is 110. The van der Waals surface area contributed by atoms with E-state index in [1.54, 1.807) is 0 Å². The summed E-state index contributed by atoms with van der Waals surface area (Å²) in [6, 6.07) is 0. The Kier molecular flexibility index (Phi) is 3.34. The van der Waals surface area contributed by atoms with Gasteiger partial charge in [0, 0.05) is 6.54 Å². The third-order valence-corrected chi connectivity index (χ3v) is 2.76. The Labute approximate surface area is 69.8 Å². The minimum Gasteiger partial charge on any atom is -0.330 e. The summed E-state index contributed by atoms with van der Waals surface area (Å²) < 4.78 is 0. The topological polar surface area (TPSA) is 29.3 Å². The molecule has 0 aromatic heterocycles. The molecule has 0 unspecified atom stereocenters. The van der Waals surface area contributed by atoms with E-state index >= 15 is 0 Å². The summed E-state index contributed by atoms with van der Waals surface area (Å²) in [5, 5.41) is 0. The van der Waals surface area contributed by atoms with Gasteiger partial charge in [-0.3, -0.25) is 0 Å². The molecular weight excluding hydrogens is 136 g/mol. The fraction of sp³-hybridized carbons (Fsp3) is 1.00. The van der Waals surface area contributed by atoms with E-state index in [1.807, 2.05) is 0 Å². The van der Waals surface area contributed by atoms with Crippen LogP contribution in [0.15, 0.2) is 0 Å². The van der Waals surface area contributed by atoms with Crippen LogP contribution in [0.4, 0.5) is 0 Å². The van der Waals surface area contributed by atoms with Gasteiger partial charge in [0.05, 0.1) is 0 Å². The van der Waals surface area contributed by atoms with Crippen molar-refractivity contribution < 1.29 is 0 Å². The highest BCUT2D eigenvalue weighted by Gasteiger charge is 2.35. The van der Waals surface area contributed by atoms with Gasteiger partial charge in [-0.15, -0.1) is 0 Å². The summed E-state index contributed by atoms with van der Waals surface area (Å²) in [5.41, 5.74) is 5.56. The molecule has 1 rings (SSSR count). The minimum atomic E-state index is 0.843. The molecule has 0 saturated heterocycles. The molecule has 0 aromatic rings. The molecule has 1 aliphatic carbocycles. The van der Waals surface area contributed by atoms with Gasteiger partial charge in [-0.25, -0.2) is 0 Å². The maximum absolute atomic E-state index is 5.56. The maximum Gasteiger partial charge on any atom is 0.00127 e. The predicted molar refractivity (Wildman–Crippen MR) is 48.4 cm³/mol. The molecular formula is C9H20N2. The molecule has 0 heterocycles. The Morgan fingerprint density at radius 1 is 1.27 bits per heavy atom. The lowest BCUT2D eigenvalue weighted by Crippen LogP contribution is -2.26. The Morgan fingerprint density at radius 3 is 2.27 bits per heavy atom. The molecule has 11 heavy (non-hydrogen) atoms. The Balaban J connectivity index is 2.11. The van der Waals surface area contributed by atoms with Gasteiger partial charge in [-0.2, -0.15) is 0 Å². The van der Waals surface area contributed by atoms with E-state index in [0.29, 0.717) is 0 Å². The largest absolute Gasteiger partial charge is 0.330 e. The molecule has 1 fully saturated rings. The second-order valence-corrected chi connectivity index (χ2v) is 3.48. The Hall–Kier alpha value is -0.0800. The van der Waals surface area contributed by atoms with Crippen molar-refractivity contribution in [2.24, 2.45) is 17.6 Å². The van der Waals surface area contributed by atoms with Crippen molar-refractivity contribution in [2.75, 3.05) is 26.2 Å². The smallest absolute Gasteiger partial charge is 0.00127 e. The number of nitrogens with two attached hydrogens (primary N) is 1. The molecule has 66 valence electrons. The van der Waals surface area contributed by atoms with Crippen molar-refractivity contribution in [3.05, 3.63) is 0 Å². The normalized spacial score (nSPS) is 29.5. The molecule has 0 spiro atoms. The summed E-state index contributed by atoms with van der Waals surface area (Å²) in [6.45, 7) is 8.99. The van der Waals surface area contributed by atoms with Gasteiger partial charge in [0.2, 0.25) is 0 Å². The van der Waals surface area contributed by atoms with E-state index in [9.17, 15) is 0 Å². The van der Waals surface area contributed by atoms with Crippen LogP contribution in [-0.2, 0) is 0 Å². The van der Waals surface area contributed by atoms with Gasteiger partial charge in [-0.05, 0) is 37.9 Å². The van der Waals surface area contributed by atoms with Gasteiger partial charge >= 0.3 is 0 Å². The van der Waals surface area contributed by atoms with Crippen LogP contribution in [0.1, 0.15) is 20.3 Å². The first kappa shape index (κ1) is 9.01. The summed E-state index contributed by atoms with van der Waals surface area (Å²) in [6.07, 6.45) is 1.37. The standard InChI is InChI=1S/C9H20N2/c1-3-11(4-2)7-9-5-8(9)6-10/h8-9H,3-7,10H2,1-2H3/t8-,9-/m0/s1. The van der Waals surface area contributed by atoms with E-state index in [0.717, 1.165) is 18.4 Å². The molecule has 2 atom stereocenters. The highest BCUT2D eigenvalue weighted by Crippen LogP contribution is 2.37. The first-order valence-corrected chi connectivity index (χ1v) is 4.74. The van der Waals surface area contributed by atoms with Gasteiger partial charge < -0.3 is 10.6 Å². The molecule has 1 saturated carbocycles. The second kappa shape index (κ2) is 4.07. The van der Waals surface area contributed by atoms with Gasteiger partial charge in [0.1, 0.15) is 0 Å². The van der Waals surface area contributed by atoms with Crippen molar-refractivity contribution in [3.8, 4) is 0 Å². The minimum absolute atomic E-state index is 0.843. The van der Waals surface area contributed by atoms with Crippen molar-refractivity contribution in [2.45, 2.75) is 20.3 Å². The second-order valence-electron chi connectivity index (χ2n) is 3.48. The van der Waals surface area contributed by atoms with E-state index in [-0.39, 0.29) is 0 Å². The van der Waals surface area contributed by atoms with Crippen LogP contribution in [0, 0.1) is 11.8 Å². The van der Waals surface area contributed by atoms with Crippen LogP contribution < -0.4 is 5.73 Å². The lowest BCUT2D eigenvalue weighted by molar-refractivity contribution is 0.286. The van der Waals surface area contributed by atoms with Crippen LogP contribution in [0.3, 0.4) is 0 Å². The van der Waals surface area contributed by atoms with E-state index in [2.05, 4.69) is 18.7 Å². The highest BCUT2D eigenvalue weighted by molar-refractivity contribution is 4.88. The van der Waals surface area contributed by atoms with E-state index in [1.165, 1.54) is 26.1 Å². The third kappa shape index (κ3) is 2.46. The first-order valence-electron chi connectivity index (χ1n) is 4.74. The summed E-state index contributed by atoms with van der Waals surface area (Å²) in [7, 11) is 0. The van der Waals surface area contributed by atoms with Crippen LogP contribution in [-0.4, -0.2) is 31.1 Å². The van der Waals surface area contributed by atoms with Gasteiger partial charge in [0.25, 0.3) is 0 Å². The molecule has 0 bridgehead atoms. The number of hydrogen-bond donors (Lipinski definition) is 1. The SMILES string of the molecule is CCN(CC)C[C@@H]1C[C@H]1CN. The fourth-order valence-electron chi connectivity index (χ4n) is 1.64. The van der Waals surface area contributed by atoms with Crippen molar-refractivity contribution in [1.82, 2.24) is 4.90 Å². The molecule has 0 amide bonds. The number of hydrogen-bond acceptors (Lipinski definition) is 2. The molecule has 0 aliphatic heterocycles. The zero-order valence-corrected chi connectivity index (χ0v) is 7.71. The summed E-state index contributed by atoms with van der Waals surface area (Å²) >= 11 is 0. The summed E-state index contributed by atoms with van der Waals surface area (Å²) in [5.74, 6) is 1.76. The van der Waals surface area contributed by atoms with Gasteiger partial charge in [-0.1, -0.05) is 13.8 Å². The number of nitrogens with zero attached hydrogens (tertiary/aromatic N) is 1. The van der Waals surface area contributed by atoms with Crippen LogP contribution in [0.25, 0.3) is 0 Å². The van der Waals surface area contributed by atoms with E-state index < -0.39 is 0 Å².